The number of benzene rings is 1. The van der Waals surface area contributed by atoms with E-state index in [0.29, 0.717) is 6.04 Å². The van der Waals surface area contributed by atoms with Gasteiger partial charge in [-0.05, 0) is 31.4 Å². The molecule has 0 saturated carbocycles. The Hall–Kier alpha value is -1.61. The fourth-order valence-electron chi connectivity index (χ4n) is 2.32. The SMILES string of the molecule is CC(C)NCCCc1ncc(CCCc2ccccc2)o1. The Labute approximate surface area is 127 Å². The lowest BCUT2D eigenvalue weighted by Crippen LogP contribution is -2.23. The molecule has 1 heterocycles. The monoisotopic (exact) mass is 286 g/mol. The van der Waals surface area contributed by atoms with Gasteiger partial charge in [0, 0.05) is 18.9 Å². The summed E-state index contributed by atoms with van der Waals surface area (Å²) in [7, 11) is 0. The highest BCUT2D eigenvalue weighted by Crippen LogP contribution is 2.11. The molecule has 0 amide bonds. The highest BCUT2D eigenvalue weighted by molar-refractivity contribution is 5.14. The van der Waals surface area contributed by atoms with Crippen LogP contribution in [0.2, 0.25) is 0 Å². The van der Waals surface area contributed by atoms with Gasteiger partial charge in [-0.15, -0.1) is 0 Å². The topological polar surface area (TPSA) is 38.1 Å². The minimum absolute atomic E-state index is 0.545. The Morgan fingerprint density at radius 1 is 1.05 bits per heavy atom. The molecule has 0 bridgehead atoms. The first-order valence-corrected chi connectivity index (χ1v) is 7.95. The third kappa shape index (κ3) is 6.13. The number of nitrogens with one attached hydrogen (secondary N) is 1. The van der Waals surface area contributed by atoms with Crippen LogP contribution in [0.25, 0.3) is 0 Å². The summed E-state index contributed by atoms with van der Waals surface area (Å²) in [5.41, 5.74) is 1.39. The van der Waals surface area contributed by atoms with Gasteiger partial charge in [-0.2, -0.15) is 0 Å². The van der Waals surface area contributed by atoms with Crippen molar-refractivity contribution in [2.24, 2.45) is 0 Å². The van der Waals surface area contributed by atoms with Gasteiger partial charge >= 0.3 is 0 Å². The molecule has 0 saturated heterocycles. The van der Waals surface area contributed by atoms with Crippen molar-refractivity contribution in [3.63, 3.8) is 0 Å². The van der Waals surface area contributed by atoms with Crippen LogP contribution in [0.15, 0.2) is 40.9 Å². The molecule has 0 unspecified atom stereocenters. The molecule has 1 N–H and O–H groups in total. The quantitative estimate of drug-likeness (QED) is 0.713. The number of rotatable bonds is 9. The van der Waals surface area contributed by atoms with Crippen LogP contribution in [0.5, 0.6) is 0 Å². The average molecular weight is 286 g/mol. The zero-order valence-electron chi connectivity index (χ0n) is 13.1. The molecule has 3 heteroatoms. The maximum absolute atomic E-state index is 5.79. The molecule has 0 aliphatic heterocycles. The Morgan fingerprint density at radius 2 is 1.86 bits per heavy atom. The zero-order chi connectivity index (χ0) is 14.9. The summed E-state index contributed by atoms with van der Waals surface area (Å²) in [6.45, 7) is 5.34. The number of nitrogens with zero attached hydrogens (tertiary/aromatic N) is 1. The van der Waals surface area contributed by atoms with Crippen molar-refractivity contribution in [3.05, 3.63) is 53.7 Å². The Kier molecular flexibility index (Phi) is 6.48. The van der Waals surface area contributed by atoms with Crippen molar-refractivity contribution < 1.29 is 4.42 Å². The lowest BCUT2D eigenvalue weighted by molar-refractivity contribution is 0.439. The largest absolute Gasteiger partial charge is 0.446 e. The van der Waals surface area contributed by atoms with Gasteiger partial charge in [0.2, 0.25) is 0 Å². The van der Waals surface area contributed by atoms with Gasteiger partial charge in [0.05, 0.1) is 6.20 Å². The van der Waals surface area contributed by atoms with E-state index in [9.17, 15) is 0 Å². The van der Waals surface area contributed by atoms with E-state index in [1.165, 1.54) is 5.56 Å². The van der Waals surface area contributed by atoms with Crippen LogP contribution in [0, 0.1) is 0 Å². The zero-order valence-corrected chi connectivity index (χ0v) is 13.1. The van der Waals surface area contributed by atoms with Crippen molar-refractivity contribution in [1.82, 2.24) is 10.3 Å². The minimum Gasteiger partial charge on any atom is -0.446 e. The van der Waals surface area contributed by atoms with E-state index in [0.717, 1.165) is 50.3 Å². The van der Waals surface area contributed by atoms with Crippen LogP contribution < -0.4 is 5.32 Å². The Balaban J connectivity index is 1.66. The molecule has 114 valence electrons. The van der Waals surface area contributed by atoms with Crippen molar-refractivity contribution in [3.8, 4) is 0 Å². The fourth-order valence-corrected chi connectivity index (χ4v) is 2.32. The summed E-state index contributed by atoms with van der Waals surface area (Å²) >= 11 is 0. The molecule has 0 atom stereocenters. The van der Waals surface area contributed by atoms with E-state index in [4.69, 9.17) is 4.42 Å². The van der Waals surface area contributed by atoms with Gasteiger partial charge in [0.25, 0.3) is 0 Å². The van der Waals surface area contributed by atoms with E-state index in [1.54, 1.807) is 0 Å². The lowest BCUT2D eigenvalue weighted by Gasteiger charge is -2.05. The van der Waals surface area contributed by atoms with Gasteiger partial charge in [-0.1, -0.05) is 44.2 Å². The van der Waals surface area contributed by atoms with Gasteiger partial charge in [-0.3, -0.25) is 0 Å². The molecule has 0 aliphatic rings. The van der Waals surface area contributed by atoms with Gasteiger partial charge in [0.1, 0.15) is 5.76 Å². The number of hydrogen-bond donors (Lipinski definition) is 1. The second-order valence-corrected chi connectivity index (χ2v) is 5.77. The summed E-state index contributed by atoms with van der Waals surface area (Å²) in [4.78, 5) is 4.36. The highest BCUT2D eigenvalue weighted by Gasteiger charge is 2.04. The van der Waals surface area contributed by atoms with Crippen molar-refractivity contribution in [1.29, 1.82) is 0 Å². The highest BCUT2D eigenvalue weighted by atomic mass is 16.4. The molecule has 0 spiro atoms. The second kappa shape index (κ2) is 8.63. The maximum Gasteiger partial charge on any atom is 0.194 e. The average Bonchev–Trinajstić information content (AvgIpc) is 2.92. The van der Waals surface area contributed by atoms with Gasteiger partial charge in [0.15, 0.2) is 5.89 Å². The van der Waals surface area contributed by atoms with Gasteiger partial charge < -0.3 is 9.73 Å². The predicted octanol–water partition coefficient (Wildman–Crippen LogP) is 3.78. The number of hydrogen-bond acceptors (Lipinski definition) is 3. The predicted molar refractivity (Wildman–Crippen MR) is 86.4 cm³/mol. The molecule has 2 rings (SSSR count). The molecular weight excluding hydrogens is 260 g/mol. The fraction of sp³-hybridized carbons (Fsp3) is 0.500. The first-order chi connectivity index (χ1) is 10.2. The summed E-state index contributed by atoms with van der Waals surface area (Å²) in [5.74, 6) is 1.88. The van der Waals surface area contributed by atoms with Crippen LogP contribution in [-0.4, -0.2) is 17.6 Å². The number of oxazole rings is 1. The first-order valence-electron chi connectivity index (χ1n) is 7.95. The molecule has 1 aromatic carbocycles. The van der Waals surface area contributed by atoms with Crippen LogP contribution >= 0.6 is 0 Å². The van der Waals surface area contributed by atoms with Crippen molar-refractivity contribution in [2.45, 2.75) is 52.0 Å². The van der Waals surface area contributed by atoms with E-state index < -0.39 is 0 Å². The smallest absolute Gasteiger partial charge is 0.194 e. The molecule has 3 nitrogen and oxygen atoms in total. The summed E-state index contributed by atoms with van der Waals surface area (Å²) in [6, 6.07) is 11.1. The number of aryl methyl sites for hydroxylation is 3. The van der Waals surface area contributed by atoms with Crippen LogP contribution in [0.4, 0.5) is 0 Å². The molecule has 1 aromatic heterocycles. The second-order valence-electron chi connectivity index (χ2n) is 5.77. The van der Waals surface area contributed by atoms with Crippen molar-refractivity contribution >= 4 is 0 Å². The van der Waals surface area contributed by atoms with Crippen LogP contribution in [0.1, 0.15) is 43.9 Å². The van der Waals surface area contributed by atoms with Crippen LogP contribution in [-0.2, 0) is 19.3 Å². The third-order valence-electron chi connectivity index (χ3n) is 3.45. The molecule has 0 radical (unpaired) electrons. The molecule has 0 aliphatic carbocycles. The summed E-state index contributed by atoms with van der Waals surface area (Å²) < 4.78 is 5.79. The molecule has 21 heavy (non-hydrogen) atoms. The van der Waals surface area contributed by atoms with E-state index in [1.807, 2.05) is 6.20 Å². The van der Waals surface area contributed by atoms with Gasteiger partial charge in [-0.25, -0.2) is 4.98 Å². The Morgan fingerprint density at radius 3 is 2.62 bits per heavy atom. The molecule has 2 aromatic rings. The first kappa shape index (κ1) is 15.8. The molecule has 0 fully saturated rings. The Bertz CT molecular complexity index is 505. The lowest BCUT2D eigenvalue weighted by atomic mass is 10.1. The maximum atomic E-state index is 5.79. The third-order valence-corrected chi connectivity index (χ3v) is 3.45. The van der Waals surface area contributed by atoms with Crippen LogP contribution in [0.3, 0.4) is 0 Å². The normalized spacial score (nSPS) is 11.2. The minimum atomic E-state index is 0.545. The molecular formula is C18H26N2O. The standard InChI is InChI=1S/C18H26N2O/c1-15(2)19-13-7-12-18-20-14-17(21-18)11-6-10-16-8-4-3-5-9-16/h3-5,8-9,14-15,19H,6-7,10-13H2,1-2H3. The van der Waals surface area contributed by atoms with E-state index in [-0.39, 0.29) is 0 Å². The summed E-state index contributed by atoms with van der Waals surface area (Å²) in [6.07, 6.45) is 7.03. The van der Waals surface area contributed by atoms with E-state index >= 15 is 0 Å². The van der Waals surface area contributed by atoms with Crippen molar-refractivity contribution in [2.75, 3.05) is 6.54 Å². The number of aromatic nitrogens is 1. The summed E-state index contributed by atoms with van der Waals surface area (Å²) in [5, 5.41) is 3.41. The van der Waals surface area contributed by atoms with E-state index in [2.05, 4.69) is 54.5 Å².